The number of fused-ring (bicyclic) bond motifs is 6. The normalized spacial score (nSPS) is 21.0. The van der Waals surface area contributed by atoms with Gasteiger partial charge in [0.25, 0.3) is 5.91 Å². The van der Waals surface area contributed by atoms with Crippen LogP contribution in [0.2, 0.25) is 10.0 Å². The van der Waals surface area contributed by atoms with Crippen molar-refractivity contribution in [2.45, 2.75) is 31.5 Å². The Morgan fingerprint density at radius 2 is 1.91 bits per heavy atom. The molecule has 1 spiro atoms. The maximum atomic E-state index is 14.4. The maximum Gasteiger partial charge on any atom is 0.258 e. The number of nitrogens with zero attached hydrogens (tertiary/aromatic N) is 1. The summed E-state index contributed by atoms with van der Waals surface area (Å²) >= 11 is 12.5. The van der Waals surface area contributed by atoms with Gasteiger partial charge in [-0.25, -0.2) is 4.39 Å². The molecule has 6 rings (SSSR count). The third kappa shape index (κ3) is 3.28. The number of methoxy groups -OCH3 is 1. The molecule has 35 heavy (non-hydrogen) atoms. The number of anilines is 1. The van der Waals surface area contributed by atoms with Gasteiger partial charge in [-0.3, -0.25) is 10.1 Å². The minimum absolute atomic E-state index is 0.0356. The van der Waals surface area contributed by atoms with Crippen LogP contribution < -0.4 is 15.0 Å². The van der Waals surface area contributed by atoms with E-state index in [4.69, 9.17) is 27.9 Å². The quantitative estimate of drug-likeness (QED) is 0.358. The zero-order valence-corrected chi connectivity index (χ0v) is 20.6. The van der Waals surface area contributed by atoms with Gasteiger partial charge in [-0.2, -0.15) is 0 Å². The summed E-state index contributed by atoms with van der Waals surface area (Å²) < 4.78 is 19.7. The van der Waals surface area contributed by atoms with Gasteiger partial charge < -0.3 is 14.6 Å². The molecule has 0 unspecified atom stereocenters. The number of hydrogen-bond acceptors (Lipinski definition) is 3. The van der Waals surface area contributed by atoms with Crippen molar-refractivity contribution in [3.8, 4) is 5.75 Å². The fourth-order valence-corrected chi connectivity index (χ4v) is 5.83. The standard InChI is InChI=1S/C27H22Cl2FN3O2/c1-14-9-19-18-11-22(30)21(29)12-23(18)31-25(19)27(32-14)20-10-16(28)5-8-24(20)33(26(27)34)13-15-3-6-17(35-2)7-4-15/h3-8,10-12,14,31-32H,9,13H2,1-2H3/t14-,27+/m0/s1. The van der Waals surface area contributed by atoms with Crippen molar-refractivity contribution < 1.29 is 13.9 Å². The summed E-state index contributed by atoms with van der Waals surface area (Å²) in [6, 6.07) is 16.2. The van der Waals surface area contributed by atoms with E-state index in [1.807, 2.05) is 43.3 Å². The molecule has 3 heterocycles. The van der Waals surface area contributed by atoms with Gasteiger partial charge in [-0.05, 0) is 66.9 Å². The first-order valence-electron chi connectivity index (χ1n) is 11.3. The second-order valence-electron chi connectivity index (χ2n) is 9.19. The van der Waals surface area contributed by atoms with Crippen molar-refractivity contribution in [3.63, 3.8) is 0 Å². The van der Waals surface area contributed by atoms with E-state index in [9.17, 15) is 9.18 Å². The van der Waals surface area contributed by atoms with Gasteiger partial charge in [0.2, 0.25) is 0 Å². The Balaban J connectivity index is 1.56. The lowest BCUT2D eigenvalue weighted by molar-refractivity contribution is -0.123. The van der Waals surface area contributed by atoms with Crippen molar-refractivity contribution in [1.82, 2.24) is 10.3 Å². The maximum absolute atomic E-state index is 14.4. The van der Waals surface area contributed by atoms with Gasteiger partial charge in [0.05, 0.1) is 30.1 Å². The number of aromatic amines is 1. The first-order valence-corrected chi connectivity index (χ1v) is 12.1. The number of H-pyrrole nitrogens is 1. The molecule has 3 aromatic carbocycles. The summed E-state index contributed by atoms with van der Waals surface area (Å²) in [5.41, 5.74) is 3.65. The minimum atomic E-state index is -1.18. The number of nitrogens with one attached hydrogen (secondary N) is 2. The van der Waals surface area contributed by atoms with Crippen molar-refractivity contribution in [2.24, 2.45) is 0 Å². The third-order valence-corrected chi connectivity index (χ3v) is 7.54. The van der Waals surface area contributed by atoms with Gasteiger partial charge in [0.15, 0.2) is 5.54 Å². The molecule has 0 radical (unpaired) electrons. The smallest absolute Gasteiger partial charge is 0.258 e. The largest absolute Gasteiger partial charge is 0.497 e. The Labute approximate surface area is 211 Å². The number of benzene rings is 3. The third-order valence-electron chi connectivity index (χ3n) is 7.01. The zero-order chi connectivity index (χ0) is 24.5. The highest BCUT2D eigenvalue weighted by Crippen LogP contribution is 2.50. The van der Waals surface area contributed by atoms with E-state index in [1.54, 1.807) is 24.1 Å². The topological polar surface area (TPSA) is 57.4 Å². The Bertz CT molecular complexity index is 1500. The van der Waals surface area contributed by atoms with Crippen molar-refractivity contribution in [2.75, 3.05) is 12.0 Å². The molecular formula is C27H22Cl2FN3O2. The number of hydrogen-bond donors (Lipinski definition) is 2. The number of aromatic nitrogens is 1. The van der Waals surface area contributed by atoms with Crippen LogP contribution in [0.5, 0.6) is 5.75 Å². The molecule has 5 nitrogen and oxygen atoms in total. The number of ether oxygens (including phenoxy) is 1. The first kappa shape index (κ1) is 22.4. The number of carbonyl (C=O) groups is 1. The molecule has 0 saturated heterocycles. The number of halogens is 3. The Hall–Kier alpha value is -3.06. The Kier molecular flexibility index (Phi) is 5.11. The molecule has 4 aromatic rings. The summed E-state index contributed by atoms with van der Waals surface area (Å²) in [4.78, 5) is 19.6. The van der Waals surface area contributed by atoms with Gasteiger partial charge in [-0.1, -0.05) is 35.3 Å². The van der Waals surface area contributed by atoms with E-state index in [-0.39, 0.29) is 17.0 Å². The van der Waals surface area contributed by atoms with Gasteiger partial charge in [-0.15, -0.1) is 0 Å². The molecule has 0 fully saturated rings. The van der Waals surface area contributed by atoms with Crippen LogP contribution in [0, 0.1) is 5.82 Å². The molecular weight excluding hydrogens is 488 g/mol. The van der Waals surface area contributed by atoms with Gasteiger partial charge in [0.1, 0.15) is 11.6 Å². The molecule has 2 atom stereocenters. The van der Waals surface area contributed by atoms with Gasteiger partial charge in [0, 0.05) is 27.5 Å². The first-order chi connectivity index (χ1) is 16.8. The second kappa shape index (κ2) is 7.98. The van der Waals surface area contributed by atoms with E-state index >= 15 is 0 Å². The number of carbonyl (C=O) groups excluding carboxylic acids is 1. The van der Waals surface area contributed by atoms with Gasteiger partial charge >= 0.3 is 0 Å². The predicted molar refractivity (Wildman–Crippen MR) is 136 cm³/mol. The molecule has 8 heteroatoms. The van der Waals surface area contributed by atoms with Crippen LogP contribution >= 0.6 is 23.2 Å². The highest BCUT2D eigenvalue weighted by atomic mass is 35.5. The fraction of sp³-hybridized carbons (Fsp3) is 0.222. The molecule has 0 aliphatic carbocycles. The molecule has 1 amide bonds. The highest BCUT2D eigenvalue weighted by Gasteiger charge is 2.56. The lowest BCUT2D eigenvalue weighted by atomic mass is 9.80. The lowest BCUT2D eigenvalue weighted by Crippen LogP contribution is -2.58. The van der Waals surface area contributed by atoms with E-state index in [2.05, 4.69) is 10.3 Å². The lowest BCUT2D eigenvalue weighted by Gasteiger charge is -2.37. The molecule has 1 aromatic heterocycles. The molecule has 2 aliphatic heterocycles. The van der Waals surface area contributed by atoms with Crippen LogP contribution in [0.1, 0.15) is 29.3 Å². The average Bonchev–Trinajstić information content (AvgIpc) is 3.29. The second-order valence-corrected chi connectivity index (χ2v) is 10.0. The summed E-state index contributed by atoms with van der Waals surface area (Å²) in [5.74, 6) is 0.154. The fourth-order valence-electron chi connectivity index (χ4n) is 5.50. The van der Waals surface area contributed by atoms with Crippen molar-refractivity contribution >= 4 is 45.7 Å². The van der Waals surface area contributed by atoms with E-state index < -0.39 is 11.4 Å². The zero-order valence-electron chi connectivity index (χ0n) is 19.1. The molecule has 0 saturated carbocycles. The average molecular weight is 510 g/mol. The Morgan fingerprint density at radius 3 is 2.66 bits per heavy atom. The van der Waals surface area contributed by atoms with E-state index in [1.165, 1.54) is 6.07 Å². The van der Waals surface area contributed by atoms with Crippen LogP contribution in [0.15, 0.2) is 54.6 Å². The summed E-state index contributed by atoms with van der Waals surface area (Å²) in [7, 11) is 1.62. The van der Waals surface area contributed by atoms with Crippen LogP contribution in [0.3, 0.4) is 0 Å². The summed E-state index contributed by atoms with van der Waals surface area (Å²) in [5, 5.41) is 4.88. The van der Waals surface area contributed by atoms with Crippen LogP contribution in [-0.4, -0.2) is 24.0 Å². The Morgan fingerprint density at radius 1 is 1.14 bits per heavy atom. The predicted octanol–water partition coefficient (Wildman–Crippen LogP) is 5.95. The minimum Gasteiger partial charge on any atom is -0.497 e. The van der Waals surface area contributed by atoms with Crippen LogP contribution in [0.25, 0.3) is 10.9 Å². The van der Waals surface area contributed by atoms with E-state index in [0.29, 0.717) is 29.2 Å². The van der Waals surface area contributed by atoms with E-state index in [0.717, 1.165) is 33.5 Å². The molecule has 2 aliphatic rings. The summed E-state index contributed by atoms with van der Waals surface area (Å²) in [6.45, 7) is 2.41. The van der Waals surface area contributed by atoms with Crippen molar-refractivity contribution in [3.05, 3.63) is 92.8 Å². The molecule has 0 bridgehead atoms. The van der Waals surface area contributed by atoms with Crippen molar-refractivity contribution in [1.29, 1.82) is 0 Å². The van der Waals surface area contributed by atoms with Crippen LogP contribution in [-0.2, 0) is 23.3 Å². The number of rotatable bonds is 3. The molecule has 2 N–H and O–H groups in total. The highest BCUT2D eigenvalue weighted by molar-refractivity contribution is 6.31. The SMILES string of the molecule is COc1ccc(CN2C(=O)[C@@]3(N[C@@H](C)Cc4c3[nH]c3cc(Cl)c(F)cc43)c3cc(Cl)ccc32)cc1. The summed E-state index contributed by atoms with van der Waals surface area (Å²) in [6.07, 6.45) is 0.639. The molecule has 178 valence electrons. The van der Waals surface area contributed by atoms with Crippen LogP contribution in [0.4, 0.5) is 10.1 Å². The monoisotopic (exact) mass is 509 g/mol. The number of amides is 1.